The predicted octanol–water partition coefficient (Wildman–Crippen LogP) is 3.20. The Morgan fingerprint density at radius 1 is 1.24 bits per heavy atom. The molecular weight excluding hydrogens is 284 g/mol. The molecule has 5 heteroatoms. The van der Waals surface area contributed by atoms with Gasteiger partial charge in [0.2, 0.25) is 0 Å². The largest absolute Gasteiger partial charge is 0.486 e. The van der Waals surface area contributed by atoms with E-state index in [0.717, 1.165) is 28.6 Å². The first kappa shape index (κ1) is 15.9. The van der Waals surface area contributed by atoms with E-state index in [9.17, 15) is 0 Å². The summed E-state index contributed by atoms with van der Waals surface area (Å²) in [5.41, 5.74) is 3.34. The fraction of sp³-hybridized carbons (Fsp3) is 0.438. The number of ether oxygens (including phenoxy) is 2. The molecule has 0 aliphatic heterocycles. The topological polar surface area (TPSA) is 43.4 Å². The standard InChI is InChI=1S/C16H22N2O2S/c1-11-5-6-12(2)14(7-11)20-10-16-18-13(9-19-4)15(21-16)8-17-3/h5-7,17H,8-10H2,1-4H3. The summed E-state index contributed by atoms with van der Waals surface area (Å²) in [6.07, 6.45) is 0. The van der Waals surface area contributed by atoms with E-state index in [2.05, 4.69) is 42.3 Å². The highest BCUT2D eigenvalue weighted by molar-refractivity contribution is 7.11. The molecule has 4 nitrogen and oxygen atoms in total. The second-order valence-corrected chi connectivity index (χ2v) is 6.17. The second kappa shape index (κ2) is 7.54. The molecule has 0 aliphatic carbocycles. The van der Waals surface area contributed by atoms with E-state index in [1.54, 1.807) is 18.4 Å². The summed E-state index contributed by atoms with van der Waals surface area (Å²) < 4.78 is 11.1. The van der Waals surface area contributed by atoms with Crippen LogP contribution in [0.1, 0.15) is 26.7 Å². The normalized spacial score (nSPS) is 10.9. The van der Waals surface area contributed by atoms with Gasteiger partial charge in [0.25, 0.3) is 0 Å². The van der Waals surface area contributed by atoms with Gasteiger partial charge in [-0.3, -0.25) is 0 Å². The van der Waals surface area contributed by atoms with Crippen LogP contribution < -0.4 is 10.1 Å². The van der Waals surface area contributed by atoms with Crippen LogP contribution in [0.5, 0.6) is 5.75 Å². The number of aromatic nitrogens is 1. The highest BCUT2D eigenvalue weighted by atomic mass is 32.1. The Bertz CT molecular complexity index is 572. The van der Waals surface area contributed by atoms with Crippen molar-refractivity contribution in [1.29, 1.82) is 0 Å². The van der Waals surface area contributed by atoms with Gasteiger partial charge in [-0.25, -0.2) is 4.98 Å². The van der Waals surface area contributed by atoms with Gasteiger partial charge in [-0.05, 0) is 38.1 Å². The minimum Gasteiger partial charge on any atom is -0.486 e. The van der Waals surface area contributed by atoms with Gasteiger partial charge in [-0.15, -0.1) is 11.3 Å². The number of nitrogens with zero attached hydrogens (tertiary/aromatic N) is 1. The van der Waals surface area contributed by atoms with E-state index in [-0.39, 0.29) is 0 Å². The maximum absolute atomic E-state index is 5.91. The van der Waals surface area contributed by atoms with E-state index < -0.39 is 0 Å². The van der Waals surface area contributed by atoms with Crippen molar-refractivity contribution in [3.63, 3.8) is 0 Å². The molecule has 21 heavy (non-hydrogen) atoms. The van der Waals surface area contributed by atoms with Crippen LogP contribution >= 0.6 is 11.3 Å². The molecule has 1 heterocycles. The maximum Gasteiger partial charge on any atom is 0.140 e. The summed E-state index contributed by atoms with van der Waals surface area (Å²) >= 11 is 1.67. The average molecular weight is 306 g/mol. The molecule has 1 aromatic heterocycles. The molecule has 2 rings (SSSR count). The molecule has 2 aromatic rings. The minimum absolute atomic E-state index is 0.495. The summed E-state index contributed by atoms with van der Waals surface area (Å²) in [6.45, 7) is 5.96. The molecule has 1 N–H and O–H groups in total. The molecular formula is C16H22N2O2S. The molecule has 0 saturated heterocycles. The molecule has 0 atom stereocenters. The molecule has 0 fully saturated rings. The van der Waals surface area contributed by atoms with Crippen molar-refractivity contribution in [3.05, 3.63) is 44.9 Å². The van der Waals surface area contributed by atoms with Crippen molar-refractivity contribution in [2.75, 3.05) is 14.2 Å². The maximum atomic E-state index is 5.91. The van der Waals surface area contributed by atoms with Crippen LogP contribution in [0.25, 0.3) is 0 Å². The van der Waals surface area contributed by atoms with Crippen LogP contribution in [-0.2, 0) is 24.5 Å². The van der Waals surface area contributed by atoms with Gasteiger partial charge >= 0.3 is 0 Å². The molecule has 0 unspecified atom stereocenters. The number of aryl methyl sites for hydroxylation is 2. The SMILES string of the molecule is CNCc1sc(COc2cc(C)ccc2C)nc1COC. The van der Waals surface area contributed by atoms with Crippen molar-refractivity contribution in [2.45, 2.75) is 33.6 Å². The van der Waals surface area contributed by atoms with Gasteiger partial charge in [0, 0.05) is 18.5 Å². The van der Waals surface area contributed by atoms with E-state index in [1.165, 1.54) is 10.4 Å². The van der Waals surface area contributed by atoms with Crippen LogP contribution in [-0.4, -0.2) is 19.1 Å². The number of hydrogen-bond acceptors (Lipinski definition) is 5. The number of methoxy groups -OCH3 is 1. The first-order chi connectivity index (χ1) is 10.1. The summed E-state index contributed by atoms with van der Waals surface area (Å²) in [6, 6.07) is 6.23. The molecule has 0 bridgehead atoms. The number of rotatable bonds is 7. The van der Waals surface area contributed by atoms with E-state index >= 15 is 0 Å². The van der Waals surface area contributed by atoms with Gasteiger partial charge in [-0.2, -0.15) is 0 Å². The Morgan fingerprint density at radius 2 is 2.05 bits per heavy atom. The molecule has 0 amide bonds. The Balaban J connectivity index is 2.08. The Labute approximate surface area is 130 Å². The van der Waals surface area contributed by atoms with Crippen LogP contribution in [0.15, 0.2) is 18.2 Å². The smallest absolute Gasteiger partial charge is 0.140 e. The molecule has 114 valence electrons. The van der Waals surface area contributed by atoms with Crippen LogP contribution in [0, 0.1) is 13.8 Å². The first-order valence-corrected chi connectivity index (χ1v) is 7.76. The number of thiazole rings is 1. The van der Waals surface area contributed by atoms with Gasteiger partial charge in [0.05, 0.1) is 12.3 Å². The van der Waals surface area contributed by atoms with Crippen molar-refractivity contribution in [1.82, 2.24) is 10.3 Å². The zero-order valence-corrected chi connectivity index (χ0v) is 13.8. The number of hydrogen-bond donors (Lipinski definition) is 1. The number of benzene rings is 1. The minimum atomic E-state index is 0.495. The summed E-state index contributed by atoms with van der Waals surface area (Å²) in [7, 11) is 3.62. The summed E-state index contributed by atoms with van der Waals surface area (Å²) in [5.74, 6) is 0.925. The molecule has 0 spiro atoms. The number of nitrogens with one attached hydrogen (secondary N) is 1. The highest BCUT2D eigenvalue weighted by Gasteiger charge is 2.11. The zero-order chi connectivity index (χ0) is 15.2. The van der Waals surface area contributed by atoms with Crippen LogP contribution in [0.3, 0.4) is 0 Å². The van der Waals surface area contributed by atoms with Gasteiger partial charge in [-0.1, -0.05) is 12.1 Å². The Morgan fingerprint density at radius 3 is 2.76 bits per heavy atom. The van der Waals surface area contributed by atoms with Crippen LogP contribution in [0.2, 0.25) is 0 Å². The van der Waals surface area contributed by atoms with Crippen molar-refractivity contribution >= 4 is 11.3 Å². The molecule has 0 aliphatic rings. The third kappa shape index (κ3) is 4.27. The van der Waals surface area contributed by atoms with Crippen molar-refractivity contribution < 1.29 is 9.47 Å². The third-order valence-corrected chi connectivity index (χ3v) is 4.21. The quantitative estimate of drug-likeness (QED) is 0.853. The fourth-order valence-electron chi connectivity index (χ4n) is 2.05. The Kier molecular flexibility index (Phi) is 5.73. The molecule has 0 saturated carbocycles. The molecule has 1 aromatic carbocycles. The third-order valence-electron chi connectivity index (χ3n) is 3.14. The first-order valence-electron chi connectivity index (χ1n) is 6.95. The van der Waals surface area contributed by atoms with E-state index in [1.807, 2.05) is 7.05 Å². The van der Waals surface area contributed by atoms with Crippen LogP contribution in [0.4, 0.5) is 0 Å². The Hall–Kier alpha value is -1.43. The zero-order valence-electron chi connectivity index (χ0n) is 13.0. The van der Waals surface area contributed by atoms with Gasteiger partial charge < -0.3 is 14.8 Å². The fourth-order valence-corrected chi connectivity index (χ4v) is 3.05. The highest BCUT2D eigenvalue weighted by Crippen LogP contribution is 2.24. The average Bonchev–Trinajstić information content (AvgIpc) is 2.83. The lowest BCUT2D eigenvalue weighted by atomic mass is 10.1. The lowest BCUT2D eigenvalue weighted by molar-refractivity contribution is 0.180. The van der Waals surface area contributed by atoms with E-state index in [0.29, 0.717) is 13.2 Å². The molecule has 0 radical (unpaired) electrons. The monoisotopic (exact) mass is 306 g/mol. The van der Waals surface area contributed by atoms with Gasteiger partial charge in [0.1, 0.15) is 17.4 Å². The van der Waals surface area contributed by atoms with Crippen molar-refractivity contribution in [2.24, 2.45) is 0 Å². The lowest BCUT2D eigenvalue weighted by Crippen LogP contribution is -2.06. The second-order valence-electron chi connectivity index (χ2n) is 5.00. The van der Waals surface area contributed by atoms with E-state index in [4.69, 9.17) is 9.47 Å². The summed E-state index contributed by atoms with van der Waals surface area (Å²) in [4.78, 5) is 5.82. The summed E-state index contributed by atoms with van der Waals surface area (Å²) in [5, 5.41) is 4.14. The van der Waals surface area contributed by atoms with Crippen molar-refractivity contribution in [3.8, 4) is 5.75 Å². The predicted molar refractivity (Wildman–Crippen MR) is 85.8 cm³/mol. The lowest BCUT2D eigenvalue weighted by Gasteiger charge is -2.08. The van der Waals surface area contributed by atoms with Gasteiger partial charge in [0.15, 0.2) is 0 Å².